The smallest absolute Gasteiger partial charge is 0.253 e. The van der Waals surface area contributed by atoms with Crippen LogP contribution in [0.15, 0.2) is 72.8 Å². The Balaban J connectivity index is 1.51. The maximum Gasteiger partial charge on any atom is 0.253 e. The van der Waals surface area contributed by atoms with Crippen LogP contribution >= 0.6 is 0 Å². The summed E-state index contributed by atoms with van der Waals surface area (Å²) in [5.74, 6) is -0.453. The average Bonchev–Trinajstić information content (AvgIpc) is 3.25. The second-order valence-electron chi connectivity index (χ2n) is 8.66. The Morgan fingerprint density at radius 1 is 0.971 bits per heavy atom. The second-order valence-corrected chi connectivity index (χ2v) is 8.66. The summed E-state index contributed by atoms with van der Waals surface area (Å²) in [6.07, 6.45) is 3.21. The molecule has 0 aliphatic rings. The van der Waals surface area contributed by atoms with E-state index in [1.54, 1.807) is 36.4 Å². The number of hydrogen-bond acceptors (Lipinski definition) is 4. The van der Waals surface area contributed by atoms with Gasteiger partial charge in [0.2, 0.25) is 0 Å². The van der Waals surface area contributed by atoms with Crippen LogP contribution in [0.25, 0.3) is 23.1 Å². The SMILES string of the molecule is CC(C)CC(O)C(=O)Nc1cccc(C(=O)c2ccc3c(/C=C/c4ccccc4)n[nH]c3c2)c1. The van der Waals surface area contributed by atoms with E-state index in [0.29, 0.717) is 23.2 Å². The lowest BCUT2D eigenvalue weighted by molar-refractivity contribution is -0.124. The highest BCUT2D eigenvalue weighted by Crippen LogP contribution is 2.22. The molecule has 6 heteroatoms. The molecule has 0 spiro atoms. The Morgan fingerprint density at radius 2 is 1.74 bits per heavy atom. The summed E-state index contributed by atoms with van der Waals surface area (Å²) >= 11 is 0. The molecule has 1 aromatic heterocycles. The maximum atomic E-state index is 13.1. The molecule has 0 aliphatic carbocycles. The summed E-state index contributed by atoms with van der Waals surface area (Å²) in [4.78, 5) is 25.3. The fraction of sp³-hybridized carbons (Fsp3) is 0.179. The zero-order valence-electron chi connectivity index (χ0n) is 19.2. The predicted octanol–water partition coefficient (Wildman–Crippen LogP) is 5.31. The van der Waals surface area contributed by atoms with Crippen molar-refractivity contribution in [2.75, 3.05) is 5.32 Å². The summed E-state index contributed by atoms with van der Waals surface area (Å²) in [5, 5.41) is 21.0. The van der Waals surface area contributed by atoms with E-state index < -0.39 is 12.0 Å². The highest BCUT2D eigenvalue weighted by atomic mass is 16.3. The summed E-state index contributed by atoms with van der Waals surface area (Å²) in [6, 6.07) is 22.1. The predicted molar refractivity (Wildman–Crippen MR) is 135 cm³/mol. The van der Waals surface area contributed by atoms with E-state index in [4.69, 9.17) is 0 Å². The molecule has 1 unspecified atom stereocenters. The van der Waals surface area contributed by atoms with Crippen molar-refractivity contribution in [2.45, 2.75) is 26.4 Å². The molecule has 4 rings (SSSR count). The van der Waals surface area contributed by atoms with E-state index >= 15 is 0 Å². The molecule has 0 saturated carbocycles. The Morgan fingerprint density at radius 3 is 2.50 bits per heavy atom. The third-order valence-corrected chi connectivity index (χ3v) is 5.48. The first-order valence-corrected chi connectivity index (χ1v) is 11.3. The summed E-state index contributed by atoms with van der Waals surface area (Å²) in [5.41, 5.74) is 4.06. The molecule has 0 bridgehead atoms. The number of carbonyl (C=O) groups is 2. The zero-order valence-corrected chi connectivity index (χ0v) is 19.2. The van der Waals surface area contributed by atoms with Crippen LogP contribution in [0, 0.1) is 5.92 Å². The van der Waals surface area contributed by atoms with Crippen molar-refractivity contribution in [3.8, 4) is 0 Å². The largest absolute Gasteiger partial charge is 0.383 e. The third-order valence-electron chi connectivity index (χ3n) is 5.48. The molecule has 0 saturated heterocycles. The molecule has 172 valence electrons. The number of amides is 1. The van der Waals surface area contributed by atoms with Gasteiger partial charge in [-0.1, -0.05) is 68.5 Å². The van der Waals surface area contributed by atoms with Crippen LogP contribution in [0.1, 0.15) is 47.4 Å². The molecule has 0 radical (unpaired) electrons. The van der Waals surface area contributed by atoms with Gasteiger partial charge in [0.15, 0.2) is 5.78 Å². The van der Waals surface area contributed by atoms with Crippen LogP contribution in [0.3, 0.4) is 0 Å². The second kappa shape index (κ2) is 10.3. The Bertz CT molecular complexity index is 1340. The average molecular weight is 454 g/mol. The van der Waals surface area contributed by atoms with Gasteiger partial charge in [0.05, 0.1) is 11.2 Å². The number of aromatic nitrogens is 2. The highest BCUT2D eigenvalue weighted by Gasteiger charge is 2.17. The van der Waals surface area contributed by atoms with Gasteiger partial charge >= 0.3 is 0 Å². The molecular formula is C28H27N3O3. The minimum atomic E-state index is -1.09. The Kier molecular flexibility index (Phi) is 6.99. The van der Waals surface area contributed by atoms with Crippen LogP contribution in [-0.2, 0) is 4.79 Å². The molecule has 3 aromatic carbocycles. The summed E-state index contributed by atoms with van der Waals surface area (Å²) in [6.45, 7) is 3.88. The van der Waals surface area contributed by atoms with E-state index in [9.17, 15) is 14.7 Å². The molecule has 1 heterocycles. The summed E-state index contributed by atoms with van der Waals surface area (Å²) < 4.78 is 0. The van der Waals surface area contributed by atoms with Gasteiger partial charge < -0.3 is 10.4 Å². The summed E-state index contributed by atoms with van der Waals surface area (Å²) in [7, 11) is 0. The lowest BCUT2D eigenvalue weighted by atomic mass is 10.0. The number of hydrogen-bond donors (Lipinski definition) is 3. The zero-order chi connectivity index (χ0) is 24.1. The number of fused-ring (bicyclic) bond motifs is 1. The highest BCUT2D eigenvalue weighted by molar-refractivity contribution is 6.11. The van der Waals surface area contributed by atoms with Crippen LogP contribution in [-0.4, -0.2) is 33.1 Å². The van der Waals surface area contributed by atoms with Crippen LogP contribution in [0.5, 0.6) is 0 Å². The van der Waals surface area contributed by atoms with Gasteiger partial charge in [-0.2, -0.15) is 5.10 Å². The molecule has 3 N–H and O–H groups in total. The first-order valence-electron chi connectivity index (χ1n) is 11.3. The number of anilines is 1. The first kappa shape index (κ1) is 23.1. The minimum Gasteiger partial charge on any atom is -0.383 e. The number of aromatic amines is 1. The molecule has 6 nitrogen and oxygen atoms in total. The van der Waals surface area contributed by atoms with Gasteiger partial charge in [-0.15, -0.1) is 0 Å². The normalized spacial score (nSPS) is 12.4. The van der Waals surface area contributed by atoms with Crippen molar-refractivity contribution in [3.63, 3.8) is 0 Å². The molecule has 0 fully saturated rings. The van der Waals surface area contributed by atoms with E-state index in [1.807, 2.05) is 62.4 Å². The number of aliphatic hydroxyl groups is 1. The fourth-order valence-electron chi connectivity index (χ4n) is 3.73. The third kappa shape index (κ3) is 5.47. The standard InChI is InChI=1S/C28H27N3O3/c1-18(2)15-26(32)28(34)29-22-10-6-9-20(16-22)27(33)21-12-13-23-24(30-31-25(23)17-21)14-11-19-7-4-3-5-8-19/h3-14,16-18,26,32H,15H2,1-2H3,(H,29,34)(H,30,31)/b14-11+. The van der Waals surface area contributed by atoms with Gasteiger partial charge in [-0.05, 0) is 48.2 Å². The van der Waals surface area contributed by atoms with Gasteiger partial charge in [0.1, 0.15) is 6.10 Å². The van der Waals surface area contributed by atoms with Crippen molar-refractivity contribution in [2.24, 2.45) is 5.92 Å². The van der Waals surface area contributed by atoms with Crippen LogP contribution in [0.4, 0.5) is 5.69 Å². The lowest BCUT2D eigenvalue weighted by Crippen LogP contribution is -2.28. The van der Waals surface area contributed by atoms with Gasteiger partial charge in [0.25, 0.3) is 5.91 Å². The Labute approximate surface area is 198 Å². The molecule has 0 aliphatic heterocycles. The number of nitrogens with zero attached hydrogens (tertiary/aromatic N) is 1. The molecular weight excluding hydrogens is 426 g/mol. The van der Waals surface area contributed by atoms with E-state index in [2.05, 4.69) is 15.5 Å². The van der Waals surface area contributed by atoms with Crippen molar-refractivity contribution >= 4 is 40.4 Å². The van der Waals surface area contributed by atoms with Crippen LogP contribution in [0.2, 0.25) is 0 Å². The number of benzene rings is 3. The fourth-order valence-corrected chi connectivity index (χ4v) is 3.73. The van der Waals surface area contributed by atoms with Crippen LogP contribution < -0.4 is 5.32 Å². The molecule has 4 aromatic rings. The van der Waals surface area contributed by atoms with Gasteiger partial charge in [-0.25, -0.2) is 0 Å². The Hall–Kier alpha value is -4.03. The molecule has 1 atom stereocenters. The topological polar surface area (TPSA) is 95.1 Å². The number of rotatable bonds is 8. The maximum absolute atomic E-state index is 13.1. The van der Waals surface area contributed by atoms with Crippen molar-refractivity contribution < 1.29 is 14.7 Å². The number of carbonyl (C=O) groups excluding carboxylic acids is 2. The monoisotopic (exact) mass is 453 g/mol. The van der Waals surface area contributed by atoms with Gasteiger partial charge in [-0.3, -0.25) is 14.7 Å². The number of ketones is 1. The van der Waals surface area contributed by atoms with Crippen molar-refractivity contribution in [3.05, 3.63) is 95.2 Å². The van der Waals surface area contributed by atoms with Crippen molar-refractivity contribution in [1.29, 1.82) is 0 Å². The van der Waals surface area contributed by atoms with E-state index in [1.165, 1.54) is 0 Å². The lowest BCUT2D eigenvalue weighted by Gasteiger charge is -2.13. The van der Waals surface area contributed by atoms with Gasteiger partial charge in [0, 0.05) is 22.2 Å². The molecule has 1 amide bonds. The minimum absolute atomic E-state index is 0.170. The van der Waals surface area contributed by atoms with E-state index in [0.717, 1.165) is 22.2 Å². The quantitative estimate of drug-likeness (QED) is 0.315. The number of nitrogens with one attached hydrogen (secondary N) is 2. The molecule has 34 heavy (non-hydrogen) atoms. The van der Waals surface area contributed by atoms with E-state index in [-0.39, 0.29) is 11.7 Å². The van der Waals surface area contributed by atoms with Crippen molar-refractivity contribution in [1.82, 2.24) is 10.2 Å². The number of H-pyrrole nitrogens is 1. The first-order chi connectivity index (χ1) is 16.4. The number of aliphatic hydroxyl groups excluding tert-OH is 1.